The molecule has 0 spiro atoms. The van der Waals surface area contributed by atoms with Gasteiger partial charge >= 0.3 is 5.97 Å². The van der Waals surface area contributed by atoms with Crippen LogP contribution in [0.4, 0.5) is 0 Å². The Kier molecular flexibility index (Phi) is 6.08. The third-order valence-electron chi connectivity index (χ3n) is 2.46. The number of ether oxygens (including phenoxy) is 2. The highest BCUT2D eigenvalue weighted by Crippen LogP contribution is 2.07. The van der Waals surface area contributed by atoms with Gasteiger partial charge in [0.2, 0.25) is 5.78 Å². The average Bonchev–Trinajstić information content (AvgIpc) is 2.38. The van der Waals surface area contributed by atoms with Gasteiger partial charge in [-0.05, 0) is 11.5 Å². The Morgan fingerprint density at radius 3 is 2.50 bits per heavy atom. The number of esters is 1. The first-order valence-electron chi connectivity index (χ1n) is 5.86. The van der Waals surface area contributed by atoms with Gasteiger partial charge in [-0.2, -0.15) is 0 Å². The number of carbonyl (C=O) groups is 2. The number of rotatable bonds is 7. The summed E-state index contributed by atoms with van der Waals surface area (Å²) in [6.07, 6.45) is 0.154. The van der Waals surface area contributed by atoms with Crippen LogP contribution in [-0.2, 0) is 25.7 Å². The maximum absolute atomic E-state index is 11.3. The monoisotopic (exact) mass is 250 g/mol. The van der Waals surface area contributed by atoms with Gasteiger partial charge in [0, 0.05) is 6.42 Å². The molecule has 0 radical (unpaired) electrons. The highest BCUT2D eigenvalue weighted by Gasteiger charge is 2.17. The lowest BCUT2D eigenvalue weighted by molar-refractivity contribution is -0.152. The highest BCUT2D eigenvalue weighted by molar-refractivity contribution is 6.33. The minimum absolute atomic E-state index is 0.000289. The van der Waals surface area contributed by atoms with Gasteiger partial charge in [0.05, 0.1) is 20.3 Å². The van der Waals surface area contributed by atoms with Crippen molar-refractivity contribution in [2.45, 2.75) is 20.0 Å². The van der Waals surface area contributed by atoms with E-state index < -0.39 is 11.8 Å². The fraction of sp³-hybridized carbons (Fsp3) is 0.429. The molecular formula is C14H18O4. The first kappa shape index (κ1) is 14.4. The standard InChI is InChI=1S/C14H18O4/c1-11(8-13(15)14(16)17-2)9-18-10-12-6-4-3-5-7-12/h3-7,11H,8-10H2,1-2H3. The van der Waals surface area contributed by atoms with Crippen LogP contribution < -0.4 is 0 Å². The first-order chi connectivity index (χ1) is 8.63. The number of benzene rings is 1. The van der Waals surface area contributed by atoms with Crippen molar-refractivity contribution in [2.75, 3.05) is 13.7 Å². The fourth-order valence-corrected chi connectivity index (χ4v) is 1.52. The molecular weight excluding hydrogens is 232 g/mol. The molecule has 1 atom stereocenters. The minimum atomic E-state index is -0.787. The summed E-state index contributed by atoms with van der Waals surface area (Å²) >= 11 is 0. The second kappa shape index (κ2) is 7.61. The zero-order valence-electron chi connectivity index (χ0n) is 10.7. The van der Waals surface area contributed by atoms with E-state index in [-0.39, 0.29) is 12.3 Å². The minimum Gasteiger partial charge on any atom is -0.463 e. The molecule has 1 aromatic carbocycles. The van der Waals surface area contributed by atoms with Crippen LogP contribution in [0.3, 0.4) is 0 Å². The van der Waals surface area contributed by atoms with Crippen molar-refractivity contribution in [1.82, 2.24) is 0 Å². The predicted molar refractivity (Wildman–Crippen MR) is 66.9 cm³/mol. The van der Waals surface area contributed by atoms with Crippen LogP contribution in [0.1, 0.15) is 18.9 Å². The molecule has 0 amide bonds. The topological polar surface area (TPSA) is 52.6 Å². The Hall–Kier alpha value is -1.68. The van der Waals surface area contributed by atoms with E-state index in [1.807, 2.05) is 37.3 Å². The van der Waals surface area contributed by atoms with Crippen molar-refractivity contribution in [3.05, 3.63) is 35.9 Å². The van der Waals surface area contributed by atoms with Crippen molar-refractivity contribution >= 4 is 11.8 Å². The normalized spacial score (nSPS) is 11.9. The van der Waals surface area contributed by atoms with Crippen molar-refractivity contribution in [1.29, 1.82) is 0 Å². The lowest BCUT2D eigenvalue weighted by Crippen LogP contribution is -2.20. The van der Waals surface area contributed by atoms with E-state index in [1.165, 1.54) is 7.11 Å². The smallest absolute Gasteiger partial charge is 0.374 e. The van der Waals surface area contributed by atoms with Crippen LogP contribution in [0.5, 0.6) is 0 Å². The molecule has 1 rings (SSSR count). The van der Waals surface area contributed by atoms with E-state index in [4.69, 9.17) is 4.74 Å². The summed E-state index contributed by atoms with van der Waals surface area (Å²) in [5.41, 5.74) is 1.09. The molecule has 0 bridgehead atoms. The van der Waals surface area contributed by atoms with E-state index in [0.29, 0.717) is 13.2 Å². The largest absolute Gasteiger partial charge is 0.463 e. The van der Waals surface area contributed by atoms with Gasteiger partial charge in [-0.1, -0.05) is 37.3 Å². The van der Waals surface area contributed by atoms with Crippen LogP contribution in [0, 0.1) is 5.92 Å². The van der Waals surface area contributed by atoms with Gasteiger partial charge in [0.1, 0.15) is 0 Å². The summed E-state index contributed by atoms with van der Waals surface area (Å²) in [6, 6.07) is 9.79. The molecule has 18 heavy (non-hydrogen) atoms. The third kappa shape index (κ3) is 5.10. The molecule has 0 aliphatic rings. The van der Waals surface area contributed by atoms with Crippen LogP contribution in [0.25, 0.3) is 0 Å². The van der Waals surface area contributed by atoms with Gasteiger partial charge < -0.3 is 9.47 Å². The molecule has 0 saturated heterocycles. The summed E-state index contributed by atoms with van der Waals surface area (Å²) in [5.74, 6) is -1.29. The average molecular weight is 250 g/mol. The summed E-state index contributed by atoms with van der Waals surface area (Å²) in [4.78, 5) is 22.2. The zero-order valence-corrected chi connectivity index (χ0v) is 10.7. The van der Waals surface area contributed by atoms with Crippen LogP contribution in [-0.4, -0.2) is 25.5 Å². The molecule has 1 unspecified atom stereocenters. The summed E-state index contributed by atoms with van der Waals surface area (Å²) < 4.78 is 9.85. The van der Waals surface area contributed by atoms with E-state index >= 15 is 0 Å². The lowest BCUT2D eigenvalue weighted by atomic mass is 10.1. The van der Waals surface area contributed by atoms with E-state index in [9.17, 15) is 9.59 Å². The Labute approximate surface area is 107 Å². The number of ketones is 1. The van der Waals surface area contributed by atoms with Crippen molar-refractivity contribution < 1.29 is 19.1 Å². The molecule has 4 heteroatoms. The second-order valence-electron chi connectivity index (χ2n) is 4.22. The predicted octanol–water partition coefficient (Wildman–Crippen LogP) is 1.97. The van der Waals surface area contributed by atoms with E-state index in [1.54, 1.807) is 0 Å². The van der Waals surface area contributed by atoms with Crippen molar-refractivity contribution in [2.24, 2.45) is 5.92 Å². The number of carbonyl (C=O) groups excluding carboxylic acids is 2. The quantitative estimate of drug-likeness (QED) is 0.548. The van der Waals surface area contributed by atoms with Gasteiger partial charge in [-0.25, -0.2) is 4.79 Å². The van der Waals surface area contributed by atoms with Gasteiger partial charge in [0.25, 0.3) is 0 Å². The van der Waals surface area contributed by atoms with Crippen LogP contribution in [0.15, 0.2) is 30.3 Å². The Morgan fingerprint density at radius 1 is 1.22 bits per heavy atom. The van der Waals surface area contributed by atoms with Crippen molar-refractivity contribution in [3.8, 4) is 0 Å². The maximum Gasteiger partial charge on any atom is 0.374 e. The number of Topliss-reactive ketones (excluding diaryl/α,β-unsaturated/α-hetero) is 1. The SMILES string of the molecule is COC(=O)C(=O)CC(C)COCc1ccccc1. The van der Waals surface area contributed by atoms with Crippen molar-refractivity contribution in [3.63, 3.8) is 0 Å². The molecule has 0 heterocycles. The molecule has 1 aromatic rings. The molecule has 0 aromatic heterocycles. The molecule has 98 valence electrons. The van der Waals surface area contributed by atoms with Crippen LogP contribution >= 0.6 is 0 Å². The molecule has 0 aliphatic heterocycles. The van der Waals surface area contributed by atoms with E-state index in [0.717, 1.165) is 5.56 Å². The molecule has 0 fully saturated rings. The van der Waals surface area contributed by atoms with Gasteiger partial charge in [0.15, 0.2) is 0 Å². The van der Waals surface area contributed by atoms with E-state index in [2.05, 4.69) is 4.74 Å². The zero-order chi connectivity index (χ0) is 13.4. The highest BCUT2D eigenvalue weighted by atomic mass is 16.5. The second-order valence-corrected chi connectivity index (χ2v) is 4.22. The number of hydrogen-bond acceptors (Lipinski definition) is 4. The Morgan fingerprint density at radius 2 is 1.89 bits per heavy atom. The summed E-state index contributed by atoms with van der Waals surface area (Å²) in [6.45, 7) is 2.82. The fourth-order valence-electron chi connectivity index (χ4n) is 1.52. The molecule has 0 aliphatic carbocycles. The molecule has 0 N–H and O–H groups in total. The number of hydrogen-bond donors (Lipinski definition) is 0. The lowest BCUT2D eigenvalue weighted by Gasteiger charge is -2.10. The van der Waals surface area contributed by atoms with Gasteiger partial charge in [-0.15, -0.1) is 0 Å². The Bertz CT molecular complexity index is 386. The maximum atomic E-state index is 11.3. The number of methoxy groups -OCH3 is 1. The third-order valence-corrected chi connectivity index (χ3v) is 2.46. The summed E-state index contributed by atoms with van der Waals surface area (Å²) in [7, 11) is 1.21. The van der Waals surface area contributed by atoms with Gasteiger partial charge in [-0.3, -0.25) is 4.79 Å². The van der Waals surface area contributed by atoms with Crippen LogP contribution in [0.2, 0.25) is 0 Å². The summed E-state index contributed by atoms with van der Waals surface area (Å²) in [5, 5.41) is 0. The molecule has 0 saturated carbocycles. The molecule has 4 nitrogen and oxygen atoms in total. The first-order valence-corrected chi connectivity index (χ1v) is 5.86. The Balaban J connectivity index is 2.23.